The molecular formula is C15H18NO8-. The highest BCUT2D eigenvalue weighted by molar-refractivity contribution is 5.94. The summed E-state index contributed by atoms with van der Waals surface area (Å²) >= 11 is 0. The summed E-state index contributed by atoms with van der Waals surface area (Å²) in [5, 5.41) is 22.5. The van der Waals surface area contributed by atoms with Gasteiger partial charge in [-0.3, -0.25) is 14.9 Å². The summed E-state index contributed by atoms with van der Waals surface area (Å²) in [6.07, 6.45) is 0. The number of nitrogens with zero attached hydrogens (tertiary/aromatic N) is 1. The van der Waals surface area contributed by atoms with Crippen LogP contribution in [0.3, 0.4) is 0 Å². The molecule has 1 aromatic carbocycles. The fourth-order valence-electron chi connectivity index (χ4n) is 2.43. The van der Waals surface area contributed by atoms with Crippen molar-refractivity contribution in [3.8, 4) is 11.5 Å². The van der Waals surface area contributed by atoms with E-state index in [2.05, 4.69) is 0 Å². The Morgan fingerprint density at radius 1 is 1.21 bits per heavy atom. The number of carbonyl (C=O) groups excluding carboxylic acids is 2. The van der Waals surface area contributed by atoms with E-state index >= 15 is 0 Å². The summed E-state index contributed by atoms with van der Waals surface area (Å²) in [6, 6.07) is 4.55. The number of rotatable bonds is 9. The summed E-state index contributed by atoms with van der Waals surface area (Å²) in [7, 11) is 2.64. The molecule has 0 heterocycles. The van der Waals surface area contributed by atoms with Crippen molar-refractivity contribution < 1.29 is 33.8 Å². The van der Waals surface area contributed by atoms with Crippen LogP contribution in [0.2, 0.25) is 0 Å². The number of benzene rings is 1. The summed E-state index contributed by atoms with van der Waals surface area (Å²) < 4.78 is 15.0. The van der Waals surface area contributed by atoms with Crippen molar-refractivity contribution >= 4 is 11.9 Å². The molecule has 0 spiro atoms. The number of hydrogen-bond acceptors (Lipinski definition) is 8. The van der Waals surface area contributed by atoms with Gasteiger partial charge >= 0.3 is 5.97 Å². The number of nitro groups is 1. The highest BCUT2D eigenvalue weighted by atomic mass is 16.6. The molecule has 9 nitrogen and oxygen atoms in total. The zero-order chi connectivity index (χ0) is 18.3. The van der Waals surface area contributed by atoms with Crippen LogP contribution in [0.25, 0.3) is 0 Å². The van der Waals surface area contributed by atoms with Gasteiger partial charge in [-0.25, -0.2) is 0 Å². The van der Waals surface area contributed by atoms with Crippen molar-refractivity contribution in [3.05, 3.63) is 33.9 Å². The maximum atomic E-state index is 12.0. The lowest BCUT2D eigenvalue weighted by molar-refractivity contribution is -0.484. The second kappa shape index (κ2) is 8.70. The van der Waals surface area contributed by atoms with Crippen LogP contribution < -0.4 is 14.6 Å². The van der Waals surface area contributed by atoms with Crippen molar-refractivity contribution in [1.29, 1.82) is 0 Å². The van der Waals surface area contributed by atoms with Gasteiger partial charge in [-0.1, -0.05) is 6.07 Å². The standard InChI is InChI=1S/C15H19NO8/c1-4-24-15(19)13(14(17)18)9(8-16(20)21)12-10(22-2)6-5-7-11(12)23-3/h5-7,9,13H,4,8H2,1-3H3,(H,17,18)/p-1. The third-order valence-corrected chi connectivity index (χ3v) is 3.38. The molecule has 0 aliphatic carbocycles. The number of aliphatic carboxylic acids is 1. The number of carbonyl (C=O) groups is 2. The van der Waals surface area contributed by atoms with Gasteiger partial charge in [0.15, 0.2) is 0 Å². The van der Waals surface area contributed by atoms with Crippen LogP contribution in [0.5, 0.6) is 11.5 Å². The Labute approximate surface area is 138 Å². The minimum absolute atomic E-state index is 0.0726. The molecular weight excluding hydrogens is 322 g/mol. The zero-order valence-electron chi connectivity index (χ0n) is 13.5. The molecule has 0 radical (unpaired) electrons. The van der Waals surface area contributed by atoms with E-state index in [1.165, 1.54) is 33.3 Å². The third kappa shape index (κ3) is 4.34. The first-order valence-corrected chi connectivity index (χ1v) is 7.07. The predicted octanol–water partition coefficient (Wildman–Crippen LogP) is -0.00670. The fourth-order valence-corrected chi connectivity index (χ4v) is 2.43. The molecule has 0 amide bonds. The maximum Gasteiger partial charge on any atom is 0.315 e. The largest absolute Gasteiger partial charge is 0.549 e. The van der Waals surface area contributed by atoms with E-state index in [0.717, 1.165) is 0 Å². The average molecular weight is 340 g/mol. The predicted molar refractivity (Wildman–Crippen MR) is 79.3 cm³/mol. The first kappa shape index (κ1) is 19.2. The van der Waals surface area contributed by atoms with E-state index < -0.39 is 35.2 Å². The van der Waals surface area contributed by atoms with Crippen LogP contribution >= 0.6 is 0 Å². The molecule has 0 saturated carbocycles. The van der Waals surface area contributed by atoms with Gasteiger partial charge in [0.1, 0.15) is 17.4 Å². The second-order valence-corrected chi connectivity index (χ2v) is 4.75. The first-order valence-electron chi connectivity index (χ1n) is 7.07. The lowest BCUT2D eigenvalue weighted by Gasteiger charge is -2.26. The monoisotopic (exact) mass is 340 g/mol. The quantitative estimate of drug-likeness (QED) is 0.266. The number of carboxylic acid groups (broad SMARTS) is 1. The molecule has 2 atom stereocenters. The van der Waals surface area contributed by atoms with Crippen molar-refractivity contribution in [3.63, 3.8) is 0 Å². The Kier molecular flexibility index (Phi) is 6.97. The van der Waals surface area contributed by atoms with Gasteiger partial charge in [0.25, 0.3) is 0 Å². The molecule has 132 valence electrons. The minimum atomic E-state index is -1.87. The van der Waals surface area contributed by atoms with E-state index in [1.54, 1.807) is 6.07 Å². The zero-order valence-corrected chi connectivity index (χ0v) is 13.5. The van der Waals surface area contributed by atoms with Crippen LogP contribution in [0.4, 0.5) is 0 Å². The van der Waals surface area contributed by atoms with Gasteiger partial charge in [0.05, 0.1) is 32.7 Å². The number of ether oxygens (including phenoxy) is 3. The van der Waals surface area contributed by atoms with Crippen LogP contribution in [-0.2, 0) is 14.3 Å². The average Bonchev–Trinajstić information content (AvgIpc) is 2.52. The molecule has 9 heteroatoms. The minimum Gasteiger partial charge on any atom is -0.549 e. The molecule has 0 aliphatic rings. The van der Waals surface area contributed by atoms with E-state index in [0.29, 0.717) is 0 Å². The second-order valence-electron chi connectivity index (χ2n) is 4.75. The van der Waals surface area contributed by atoms with Gasteiger partial charge < -0.3 is 24.1 Å². The summed E-state index contributed by atoms with van der Waals surface area (Å²) in [5.74, 6) is -5.81. The lowest BCUT2D eigenvalue weighted by Crippen LogP contribution is -2.43. The van der Waals surface area contributed by atoms with E-state index in [1.807, 2.05) is 0 Å². The molecule has 0 N–H and O–H groups in total. The summed E-state index contributed by atoms with van der Waals surface area (Å²) in [6.45, 7) is 0.585. The molecule has 0 saturated heterocycles. The normalized spacial score (nSPS) is 12.8. The van der Waals surface area contributed by atoms with Crippen molar-refractivity contribution in [2.45, 2.75) is 12.8 Å². The van der Waals surface area contributed by atoms with E-state index in [4.69, 9.17) is 14.2 Å². The van der Waals surface area contributed by atoms with Crippen LogP contribution in [0, 0.1) is 16.0 Å². The van der Waals surface area contributed by atoms with Crippen LogP contribution in [0.15, 0.2) is 18.2 Å². The summed E-state index contributed by atoms with van der Waals surface area (Å²) in [5.41, 5.74) is 0.0986. The molecule has 24 heavy (non-hydrogen) atoms. The molecule has 1 aromatic rings. The Bertz CT molecular complexity index is 593. The molecule has 0 aromatic heterocycles. The molecule has 0 aliphatic heterocycles. The van der Waals surface area contributed by atoms with Crippen LogP contribution in [-0.4, -0.2) is 44.2 Å². The van der Waals surface area contributed by atoms with Gasteiger partial charge in [0.2, 0.25) is 6.54 Å². The maximum absolute atomic E-state index is 12.0. The molecule has 0 fully saturated rings. The van der Waals surface area contributed by atoms with Crippen LogP contribution in [0.1, 0.15) is 18.4 Å². The van der Waals surface area contributed by atoms with Gasteiger partial charge in [0, 0.05) is 10.5 Å². The molecule has 2 unspecified atom stereocenters. The number of esters is 1. The lowest BCUT2D eigenvalue weighted by atomic mass is 9.84. The van der Waals surface area contributed by atoms with Gasteiger partial charge in [-0.15, -0.1) is 0 Å². The third-order valence-electron chi connectivity index (χ3n) is 3.38. The van der Waals surface area contributed by atoms with Crippen molar-refractivity contribution in [2.75, 3.05) is 27.4 Å². The van der Waals surface area contributed by atoms with Crippen molar-refractivity contribution in [2.24, 2.45) is 5.92 Å². The number of methoxy groups -OCH3 is 2. The molecule has 1 rings (SSSR count). The Morgan fingerprint density at radius 3 is 2.12 bits per heavy atom. The van der Waals surface area contributed by atoms with E-state index in [-0.39, 0.29) is 23.7 Å². The molecule has 0 bridgehead atoms. The SMILES string of the molecule is CCOC(=O)C(C(=O)[O-])C(C[N+](=O)[O-])c1c(OC)cccc1OC. The number of carboxylic acids is 1. The summed E-state index contributed by atoms with van der Waals surface area (Å²) in [4.78, 5) is 33.9. The van der Waals surface area contributed by atoms with Crippen molar-refractivity contribution in [1.82, 2.24) is 0 Å². The highest BCUT2D eigenvalue weighted by Crippen LogP contribution is 2.39. The first-order chi connectivity index (χ1) is 11.4. The smallest absolute Gasteiger partial charge is 0.315 e. The topological polar surface area (TPSA) is 128 Å². The number of hydrogen-bond donors (Lipinski definition) is 0. The van der Waals surface area contributed by atoms with Gasteiger partial charge in [-0.2, -0.15) is 0 Å². The van der Waals surface area contributed by atoms with Gasteiger partial charge in [-0.05, 0) is 19.1 Å². The fraction of sp³-hybridized carbons (Fsp3) is 0.467. The highest BCUT2D eigenvalue weighted by Gasteiger charge is 2.39. The Hall–Kier alpha value is -2.84. The Morgan fingerprint density at radius 2 is 1.75 bits per heavy atom. The van der Waals surface area contributed by atoms with E-state index in [9.17, 15) is 24.8 Å². The Balaban J connectivity index is 3.53.